The summed E-state index contributed by atoms with van der Waals surface area (Å²) < 4.78 is 0. The van der Waals surface area contributed by atoms with Crippen LogP contribution in [0.4, 0.5) is 5.69 Å². The Bertz CT molecular complexity index is 442. The van der Waals surface area contributed by atoms with Crippen LogP contribution in [0.1, 0.15) is 24.4 Å². The number of anilines is 1. The summed E-state index contributed by atoms with van der Waals surface area (Å²) >= 11 is 0. The topological polar surface area (TPSA) is 63.4 Å². The zero-order chi connectivity index (χ0) is 11.7. The molecule has 4 heteroatoms. The molecule has 84 valence electrons. The van der Waals surface area contributed by atoms with E-state index in [1.807, 2.05) is 6.07 Å². The van der Waals surface area contributed by atoms with E-state index < -0.39 is 6.04 Å². The molecule has 1 fully saturated rings. The second-order valence-corrected chi connectivity index (χ2v) is 4.04. The molecule has 1 unspecified atom stereocenters. The van der Waals surface area contributed by atoms with Gasteiger partial charge in [0.1, 0.15) is 6.04 Å². The number of nitrogen functional groups attached to an aromatic ring is 1. The van der Waals surface area contributed by atoms with Crippen molar-refractivity contribution >= 4 is 17.4 Å². The van der Waals surface area contributed by atoms with Crippen molar-refractivity contribution in [3.05, 3.63) is 29.8 Å². The molecule has 1 aliphatic heterocycles. The first kappa shape index (κ1) is 10.7. The van der Waals surface area contributed by atoms with Crippen molar-refractivity contribution in [2.24, 2.45) is 0 Å². The molecular formula is C12H14N2O2. The molecule has 1 aromatic carbocycles. The molecule has 16 heavy (non-hydrogen) atoms. The molecule has 1 amide bonds. The summed E-state index contributed by atoms with van der Waals surface area (Å²) in [6.45, 7) is 0. The number of likely N-dealkylation sites (tertiary alicyclic amines) is 1. The Hall–Kier alpha value is -1.84. The number of hydrogen-bond acceptors (Lipinski definition) is 3. The fraction of sp³-hybridized carbons (Fsp3) is 0.333. The highest BCUT2D eigenvalue weighted by molar-refractivity contribution is 5.96. The quantitative estimate of drug-likeness (QED) is 0.719. The predicted molar refractivity (Wildman–Crippen MR) is 60.6 cm³/mol. The largest absolute Gasteiger partial charge is 0.399 e. The molecule has 2 rings (SSSR count). The summed E-state index contributed by atoms with van der Waals surface area (Å²) in [6.07, 6.45) is 0.636. The number of carbonyl (C=O) groups excluding carboxylic acids is 2. The third-order valence-corrected chi connectivity index (χ3v) is 2.90. The van der Waals surface area contributed by atoms with Crippen molar-refractivity contribution < 1.29 is 9.59 Å². The van der Waals surface area contributed by atoms with E-state index in [1.165, 1.54) is 4.90 Å². The van der Waals surface area contributed by atoms with Crippen LogP contribution in [0.2, 0.25) is 0 Å². The van der Waals surface area contributed by atoms with Gasteiger partial charge in [-0.25, -0.2) is 0 Å². The van der Waals surface area contributed by atoms with Crippen LogP contribution in [0.3, 0.4) is 0 Å². The number of likely N-dealkylation sites (N-methyl/N-ethyl adjacent to an activating group) is 1. The highest BCUT2D eigenvalue weighted by Crippen LogP contribution is 2.28. The first-order valence-electron chi connectivity index (χ1n) is 5.23. The van der Waals surface area contributed by atoms with Gasteiger partial charge in [0.15, 0.2) is 5.78 Å². The van der Waals surface area contributed by atoms with Gasteiger partial charge in [-0.2, -0.15) is 0 Å². The molecule has 0 aromatic heterocycles. The molecule has 1 aliphatic rings. The SMILES string of the molecule is CN1C(=O)CCC(=O)C1c1cccc(N)c1. The van der Waals surface area contributed by atoms with Gasteiger partial charge in [-0.1, -0.05) is 12.1 Å². The normalized spacial score (nSPS) is 21.3. The van der Waals surface area contributed by atoms with E-state index in [0.29, 0.717) is 18.5 Å². The Balaban J connectivity index is 2.37. The molecule has 1 saturated heterocycles. The minimum absolute atomic E-state index is 0.00650. The van der Waals surface area contributed by atoms with Crippen LogP contribution in [0.5, 0.6) is 0 Å². The molecular weight excluding hydrogens is 204 g/mol. The number of hydrogen-bond donors (Lipinski definition) is 1. The lowest BCUT2D eigenvalue weighted by Crippen LogP contribution is -2.40. The lowest BCUT2D eigenvalue weighted by molar-refractivity contribution is -0.143. The van der Waals surface area contributed by atoms with Gasteiger partial charge in [-0.15, -0.1) is 0 Å². The average Bonchev–Trinajstić information content (AvgIpc) is 2.24. The Labute approximate surface area is 94.0 Å². The van der Waals surface area contributed by atoms with Gasteiger partial charge in [-0.05, 0) is 17.7 Å². The van der Waals surface area contributed by atoms with E-state index in [-0.39, 0.29) is 11.7 Å². The molecule has 0 aliphatic carbocycles. The third-order valence-electron chi connectivity index (χ3n) is 2.90. The first-order chi connectivity index (χ1) is 7.59. The van der Waals surface area contributed by atoms with Crippen LogP contribution in [0, 0.1) is 0 Å². The van der Waals surface area contributed by atoms with Crippen LogP contribution >= 0.6 is 0 Å². The molecule has 1 heterocycles. The Morgan fingerprint density at radius 1 is 1.31 bits per heavy atom. The maximum absolute atomic E-state index is 11.8. The van der Waals surface area contributed by atoms with Crippen LogP contribution in [-0.4, -0.2) is 23.6 Å². The molecule has 0 bridgehead atoms. The Morgan fingerprint density at radius 3 is 2.75 bits per heavy atom. The third kappa shape index (κ3) is 1.78. The number of carbonyl (C=O) groups is 2. The summed E-state index contributed by atoms with van der Waals surface area (Å²) in [7, 11) is 1.66. The second kappa shape index (κ2) is 3.96. The predicted octanol–water partition coefficient (Wildman–Crippen LogP) is 1.13. The molecule has 0 radical (unpaired) electrons. The smallest absolute Gasteiger partial charge is 0.223 e. The summed E-state index contributed by atoms with van der Waals surface area (Å²) in [4.78, 5) is 24.9. The number of rotatable bonds is 1. The van der Waals surface area contributed by atoms with Crippen LogP contribution in [0.15, 0.2) is 24.3 Å². The van der Waals surface area contributed by atoms with Crippen molar-refractivity contribution in [3.8, 4) is 0 Å². The van der Waals surface area contributed by atoms with Crippen molar-refractivity contribution in [2.75, 3.05) is 12.8 Å². The number of Topliss-reactive ketones (excluding diaryl/α,β-unsaturated/α-hetero) is 1. The van der Waals surface area contributed by atoms with Crippen molar-refractivity contribution in [2.45, 2.75) is 18.9 Å². The van der Waals surface area contributed by atoms with E-state index in [2.05, 4.69) is 0 Å². The number of nitrogens with zero attached hydrogens (tertiary/aromatic N) is 1. The van der Waals surface area contributed by atoms with Crippen molar-refractivity contribution in [1.82, 2.24) is 4.90 Å². The number of piperidine rings is 1. The Morgan fingerprint density at radius 2 is 2.06 bits per heavy atom. The summed E-state index contributed by atoms with van der Waals surface area (Å²) in [6, 6.07) is 6.67. The number of benzene rings is 1. The van der Waals surface area contributed by atoms with Gasteiger partial charge in [0.25, 0.3) is 0 Å². The standard InChI is InChI=1S/C12H14N2O2/c1-14-11(16)6-5-10(15)12(14)8-3-2-4-9(13)7-8/h2-4,7,12H,5-6,13H2,1H3. The van der Waals surface area contributed by atoms with Gasteiger partial charge in [0, 0.05) is 25.6 Å². The molecule has 2 N–H and O–H groups in total. The van der Waals surface area contributed by atoms with Crippen molar-refractivity contribution in [3.63, 3.8) is 0 Å². The van der Waals surface area contributed by atoms with Gasteiger partial charge in [0.2, 0.25) is 5.91 Å². The van der Waals surface area contributed by atoms with Crippen molar-refractivity contribution in [1.29, 1.82) is 0 Å². The fourth-order valence-electron chi connectivity index (χ4n) is 2.04. The molecule has 1 aromatic rings. The lowest BCUT2D eigenvalue weighted by Gasteiger charge is -2.31. The van der Waals surface area contributed by atoms with Gasteiger partial charge in [-0.3, -0.25) is 9.59 Å². The van der Waals surface area contributed by atoms with Crippen LogP contribution in [-0.2, 0) is 9.59 Å². The van der Waals surface area contributed by atoms with E-state index >= 15 is 0 Å². The summed E-state index contributed by atoms with van der Waals surface area (Å²) in [5, 5.41) is 0. The highest BCUT2D eigenvalue weighted by Gasteiger charge is 2.32. The van der Waals surface area contributed by atoms with E-state index in [0.717, 1.165) is 5.56 Å². The number of amides is 1. The van der Waals surface area contributed by atoms with E-state index in [9.17, 15) is 9.59 Å². The number of ketones is 1. The zero-order valence-electron chi connectivity index (χ0n) is 9.14. The Kier molecular flexibility index (Phi) is 2.64. The van der Waals surface area contributed by atoms with Gasteiger partial charge >= 0.3 is 0 Å². The first-order valence-corrected chi connectivity index (χ1v) is 5.23. The highest BCUT2D eigenvalue weighted by atomic mass is 16.2. The molecule has 4 nitrogen and oxygen atoms in total. The maximum atomic E-state index is 11.8. The second-order valence-electron chi connectivity index (χ2n) is 4.04. The zero-order valence-corrected chi connectivity index (χ0v) is 9.14. The molecule has 0 spiro atoms. The minimum Gasteiger partial charge on any atom is -0.399 e. The lowest BCUT2D eigenvalue weighted by atomic mass is 9.94. The molecule has 1 atom stereocenters. The van der Waals surface area contributed by atoms with Gasteiger partial charge < -0.3 is 10.6 Å². The molecule has 0 saturated carbocycles. The monoisotopic (exact) mass is 218 g/mol. The fourth-order valence-corrected chi connectivity index (χ4v) is 2.04. The van der Waals surface area contributed by atoms with E-state index in [1.54, 1.807) is 25.2 Å². The summed E-state index contributed by atoms with van der Waals surface area (Å²) in [5.41, 5.74) is 7.08. The number of nitrogens with two attached hydrogens (primary N) is 1. The van der Waals surface area contributed by atoms with Crippen LogP contribution < -0.4 is 5.73 Å². The minimum atomic E-state index is -0.468. The maximum Gasteiger partial charge on any atom is 0.223 e. The van der Waals surface area contributed by atoms with Gasteiger partial charge in [0.05, 0.1) is 0 Å². The average molecular weight is 218 g/mol. The van der Waals surface area contributed by atoms with E-state index in [4.69, 9.17) is 5.73 Å². The summed E-state index contributed by atoms with van der Waals surface area (Å²) in [5.74, 6) is 0.0831. The van der Waals surface area contributed by atoms with Crippen LogP contribution in [0.25, 0.3) is 0 Å².